The second-order valence-electron chi connectivity index (χ2n) is 5.49. The van der Waals surface area contributed by atoms with E-state index < -0.39 is 0 Å². The first-order chi connectivity index (χ1) is 9.17. The van der Waals surface area contributed by atoms with Crippen LogP contribution in [-0.4, -0.2) is 11.9 Å². The van der Waals surface area contributed by atoms with E-state index in [0.717, 1.165) is 36.8 Å². The van der Waals surface area contributed by atoms with Gasteiger partial charge < -0.3 is 5.32 Å². The number of hydrogen-bond acceptors (Lipinski definition) is 1. The molecule has 19 heavy (non-hydrogen) atoms. The third kappa shape index (κ3) is 2.55. The van der Waals surface area contributed by atoms with Crippen LogP contribution >= 0.6 is 0 Å². The lowest BCUT2D eigenvalue weighted by atomic mass is 9.99. The highest BCUT2D eigenvalue weighted by Crippen LogP contribution is 2.42. The smallest absolute Gasteiger partial charge is 0.244 e. The fourth-order valence-electron chi connectivity index (χ4n) is 2.78. The molecule has 1 saturated carbocycles. The molecule has 1 aromatic rings. The Labute approximate surface area is 112 Å². The van der Waals surface area contributed by atoms with Crippen molar-refractivity contribution in [3.8, 4) is 0 Å². The number of benzene rings is 1. The van der Waals surface area contributed by atoms with E-state index in [2.05, 4.69) is 12.2 Å². The molecular weight excluding hydrogens is 241 g/mol. The van der Waals surface area contributed by atoms with Gasteiger partial charge in [-0.2, -0.15) is 0 Å². The van der Waals surface area contributed by atoms with Crippen LogP contribution < -0.4 is 5.32 Å². The summed E-state index contributed by atoms with van der Waals surface area (Å²) in [5, 5.41) is 2.95. The number of halogens is 1. The molecule has 0 bridgehead atoms. The molecule has 0 aromatic heterocycles. The lowest BCUT2D eigenvalue weighted by molar-refractivity contribution is -0.116. The predicted molar refractivity (Wildman–Crippen MR) is 73.2 cm³/mol. The lowest BCUT2D eigenvalue weighted by Crippen LogP contribution is -2.23. The van der Waals surface area contributed by atoms with Gasteiger partial charge in [0.1, 0.15) is 5.82 Å². The van der Waals surface area contributed by atoms with Gasteiger partial charge in [0.05, 0.1) is 0 Å². The fourth-order valence-corrected chi connectivity index (χ4v) is 2.78. The molecule has 1 amide bonds. The standard InChI is InChI=1S/C16H18FNO/c1-2-10-7-11(8-16(19)18-13-4-5-13)15-9-12(17)3-6-14(10)15/h3,6,8-10,13H,2,4-5,7H2,1H3,(H,18,19)/b11-8+. The van der Waals surface area contributed by atoms with Crippen molar-refractivity contribution in [2.45, 2.75) is 44.6 Å². The van der Waals surface area contributed by atoms with Crippen LogP contribution in [0.4, 0.5) is 4.39 Å². The van der Waals surface area contributed by atoms with Crippen LogP contribution in [0.3, 0.4) is 0 Å². The zero-order valence-electron chi connectivity index (χ0n) is 11.1. The summed E-state index contributed by atoms with van der Waals surface area (Å²) in [6, 6.07) is 5.29. The predicted octanol–water partition coefficient (Wildman–Crippen LogP) is 3.39. The molecule has 0 radical (unpaired) electrons. The highest BCUT2D eigenvalue weighted by molar-refractivity contribution is 5.97. The van der Waals surface area contributed by atoms with Crippen molar-refractivity contribution in [1.82, 2.24) is 5.32 Å². The zero-order valence-corrected chi connectivity index (χ0v) is 11.1. The highest BCUT2D eigenvalue weighted by Gasteiger charge is 2.27. The van der Waals surface area contributed by atoms with Crippen molar-refractivity contribution in [2.75, 3.05) is 0 Å². The SMILES string of the molecule is CCC1C/C(=C\C(=O)NC2CC2)c2cc(F)ccc21. The second-order valence-corrected chi connectivity index (χ2v) is 5.49. The van der Waals surface area contributed by atoms with Gasteiger partial charge in [0.2, 0.25) is 5.91 Å². The van der Waals surface area contributed by atoms with Crippen molar-refractivity contribution in [1.29, 1.82) is 0 Å². The number of carbonyl (C=O) groups excluding carboxylic acids is 1. The molecule has 3 heteroatoms. The molecule has 0 saturated heterocycles. The van der Waals surface area contributed by atoms with Gasteiger partial charge in [-0.15, -0.1) is 0 Å². The zero-order chi connectivity index (χ0) is 13.4. The van der Waals surface area contributed by atoms with Crippen molar-refractivity contribution in [3.63, 3.8) is 0 Å². The maximum Gasteiger partial charge on any atom is 0.244 e. The van der Waals surface area contributed by atoms with E-state index in [-0.39, 0.29) is 11.7 Å². The van der Waals surface area contributed by atoms with Gasteiger partial charge in [-0.1, -0.05) is 13.0 Å². The molecule has 1 N–H and O–H groups in total. The Balaban J connectivity index is 1.89. The molecule has 0 spiro atoms. The van der Waals surface area contributed by atoms with Crippen LogP contribution in [0.25, 0.3) is 5.57 Å². The van der Waals surface area contributed by atoms with E-state index in [4.69, 9.17) is 0 Å². The largest absolute Gasteiger partial charge is 0.350 e. The summed E-state index contributed by atoms with van der Waals surface area (Å²) in [7, 11) is 0. The monoisotopic (exact) mass is 259 g/mol. The summed E-state index contributed by atoms with van der Waals surface area (Å²) in [4.78, 5) is 11.9. The molecule has 0 aliphatic heterocycles. The number of rotatable bonds is 3. The van der Waals surface area contributed by atoms with Gasteiger partial charge >= 0.3 is 0 Å². The Kier molecular flexibility index (Phi) is 3.13. The van der Waals surface area contributed by atoms with E-state index in [1.165, 1.54) is 11.6 Å². The Morgan fingerprint density at radius 1 is 1.47 bits per heavy atom. The van der Waals surface area contributed by atoms with Crippen LogP contribution in [0, 0.1) is 5.82 Å². The lowest BCUT2D eigenvalue weighted by Gasteiger charge is -2.06. The first-order valence-corrected chi connectivity index (χ1v) is 6.98. The molecule has 2 aliphatic rings. The van der Waals surface area contributed by atoms with Gasteiger partial charge in [0, 0.05) is 12.1 Å². The van der Waals surface area contributed by atoms with Crippen LogP contribution in [0.15, 0.2) is 24.3 Å². The van der Waals surface area contributed by atoms with Crippen LogP contribution in [0.5, 0.6) is 0 Å². The molecule has 0 heterocycles. The average molecular weight is 259 g/mol. The summed E-state index contributed by atoms with van der Waals surface area (Å²) in [5.74, 6) is 0.143. The van der Waals surface area contributed by atoms with Gasteiger partial charge in [0.25, 0.3) is 0 Å². The van der Waals surface area contributed by atoms with Crippen molar-refractivity contribution in [3.05, 3.63) is 41.2 Å². The van der Waals surface area contributed by atoms with E-state index in [1.54, 1.807) is 12.1 Å². The number of carbonyl (C=O) groups is 1. The average Bonchev–Trinajstić information content (AvgIpc) is 3.12. The maximum absolute atomic E-state index is 13.4. The van der Waals surface area contributed by atoms with E-state index in [0.29, 0.717) is 12.0 Å². The van der Waals surface area contributed by atoms with Crippen LogP contribution in [0.2, 0.25) is 0 Å². The number of nitrogens with one attached hydrogen (secondary N) is 1. The Hall–Kier alpha value is -1.64. The molecular formula is C16H18FNO. The molecule has 1 unspecified atom stereocenters. The third-order valence-corrected chi connectivity index (χ3v) is 3.99. The van der Waals surface area contributed by atoms with E-state index in [1.807, 2.05) is 6.07 Å². The second kappa shape index (κ2) is 4.80. The highest BCUT2D eigenvalue weighted by atomic mass is 19.1. The quantitative estimate of drug-likeness (QED) is 0.828. The summed E-state index contributed by atoms with van der Waals surface area (Å²) in [6.07, 6.45) is 5.68. The topological polar surface area (TPSA) is 29.1 Å². The van der Waals surface area contributed by atoms with Crippen LogP contribution in [0.1, 0.15) is 49.7 Å². The van der Waals surface area contributed by atoms with Gasteiger partial charge in [0.15, 0.2) is 0 Å². The number of hydrogen-bond donors (Lipinski definition) is 1. The molecule has 1 aromatic carbocycles. The number of amides is 1. The van der Waals surface area contributed by atoms with Crippen molar-refractivity contribution >= 4 is 11.5 Å². The van der Waals surface area contributed by atoms with Crippen LogP contribution in [-0.2, 0) is 4.79 Å². The first-order valence-electron chi connectivity index (χ1n) is 6.98. The summed E-state index contributed by atoms with van der Waals surface area (Å²) in [5.41, 5.74) is 3.06. The Morgan fingerprint density at radius 3 is 2.95 bits per heavy atom. The Bertz CT molecular complexity index is 546. The minimum Gasteiger partial charge on any atom is -0.350 e. The molecule has 100 valence electrons. The Morgan fingerprint density at radius 2 is 2.26 bits per heavy atom. The first kappa shape index (κ1) is 12.4. The number of fused-ring (bicyclic) bond motifs is 1. The maximum atomic E-state index is 13.4. The van der Waals surface area contributed by atoms with E-state index >= 15 is 0 Å². The van der Waals surface area contributed by atoms with Crippen molar-refractivity contribution < 1.29 is 9.18 Å². The number of allylic oxidation sites excluding steroid dienone is 1. The summed E-state index contributed by atoms with van der Waals surface area (Å²) >= 11 is 0. The molecule has 1 atom stereocenters. The minimum atomic E-state index is -0.232. The molecule has 1 fully saturated rings. The normalized spacial score (nSPS) is 23.5. The minimum absolute atomic E-state index is 0.0375. The van der Waals surface area contributed by atoms with Gasteiger partial charge in [-0.3, -0.25) is 4.79 Å². The molecule has 3 rings (SSSR count). The fraction of sp³-hybridized carbons (Fsp3) is 0.438. The molecule has 2 nitrogen and oxygen atoms in total. The summed E-state index contributed by atoms with van der Waals surface area (Å²) < 4.78 is 13.4. The van der Waals surface area contributed by atoms with Gasteiger partial charge in [-0.25, -0.2) is 4.39 Å². The van der Waals surface area contributed by atoms with Crippen molar-refractivity contribution in [2.24, 2.45) is 0 Å². The molecule has 2 aliphatic carbocycles. The third-order valence-electron chi connectivity index (χ3n) is 3.99. The summed E-state index contributed by atoms with van der Waals surface area (Å²) in [6.45, 7) is 2.13. The van der Waals surface area contributed by atoms with E-state index in [9.17, 15) is 9.18 Å². The van der Waals surface area contributed by atoms with Gasteiger partial charge in [-0.05, 0) is 60.4 Å².